The maximum Gasteiger partial charge on any atom is 0.401 e. The van der Waals surface area contributed by atoms with Crippen LogP contribution in [0.4, 0.5) is 17.6 Å². The summed E-state index contributed by atoms with van der Waals surface area (Å²) in [6, 6.07) is 3.91. The van der Waals surface area contributed by atoms with Crippen molar-refractivity contribution in [3.8, 4) is 0 Å². The number of hydrogen-bond acceptors (Lipinski definition) is 2. The van der Waals surface area contributed by atoms with Crippen molar-refractivity contribution < 1.29 is 22.4 Å². The summed E-state index contributed by atoms with van der Waals surface area (Å²) < 4.78 is 50.5. The Morgan fingerprint density at radius 2 is 1.77 bits per heavy atom. The number of benzene rings is 1. The Morgan fingerprint density at radius 3 is 2.27 bits per heavy atom. The van der Waals surface area contributed by atoms with Crippen LogP contribution in [0.1, 0.15) is 10.4 Å². The van der Waals surface area contributed by atoms with Crippen LogP contribution in [0.5, 0.6) is 0 Å². The molecular formula is C13H14Cl2F4N2O. The first-order chi connectivity index (χ1) is 9.78. The summed E-state index contributed by atoms with van der Waals surface area (Å²) in [4.78, 5) is 14.7. The number of hydrogen-bond donors (Lipinski definition) is 0. The van der Waals surface area contributed by atoms with Crippen molar-refractivity contribution in [2.75, 3.05) is 32.7 Å². The molecule has 9 heteroatoms. The Labute approximate surface area is 136 Å². The fourth-order valence-electron chi connectivity index (χ4n) is 2.22. The number of nitrogens with zero attached hydrogens (tertiary/aromatic N) is 2. The second-order valence-corrected chi connectivity index (χ2v) is 5.19. The molecular weight excluding hydrogens is 347 g/mol. The van der Waals surface area contributed by atoms with E-state index in [0.29, 0.717) is 0 Å². The first kappa shape index (κ1) is 19.0. The van der Waals surface area contributed by atoms with Crippen LogP contribution in [-0.4, -0.2) is 54.6 Å². The van der Waals surface area contributed by atoms with Gasteiger partial charge >= 0.3 is 6.18 Å². The lowest BCUT2D eigenvalue weighted by Gasteiger charge is -2.35. The molecule has 1 heterocycles. The van der Waals surface area contributed by atoms with Gasteiger partial charge in [0.25, 0.3) is 5.91 Å². The van der Waals surface area contributed by atoms with Crippen LogP contribution < -0.4 is 0 Å². The van der Waals surface area contributed by atoms with Crippen LogP contribution in [0.25, 0.3) is 0 Å². The van der Waals surface area contributed by atoms with Crippen LogP contribution >= 0.6 is 24.0 Å². The number of amides is 1. The molecule has 1 aliphatic rings. The maximum absolute atomic E-state index is 13.7. The highest BCUT2D eigenvalue weighted by Crippen LogP contribution is 2.22. The van der Waals surface area contributed by atoms with Crippen molar-refractivity contribution in [1.82, 2.24) is 9.80 Å². The molecule has 0 unspecified atom stereocenters. The number of halogens is 6. The summed E-state index contributed by atoms with van der Waals surface area (Å²) in [7, 11) is 0. The second kappa shape index (κ2) is 7.48. The molecule has 2 rings (SSSR count). The summed E-state index contributed by atoms with van der Waals surface area (Å²) in [6.45, 7) is -0.594. The lowest BCUT2D eigenvalue weighted by Crippen LogP contribution is -2.51. The SMILES string of the molecule is Cl.O=C(c1c(F)cccc1Cl)N1CCN(CC(F)(F)F)CC1. The summed E-state index contributed by atoms with van der Waals surface area (Å²) >= 11 is 5.81. The number of piperazine rings is 1. The maximum atomic E-state index is 13.7. The van der Waals surface area contributed by atoms with Gasteiger partial charge in [-0.3, -0.25) is 9.69 Å². The zero-order valence-electron chi connectivity index (χ0n) is 11.4. The monoisotopic (exact) mass is 360 g/mol. The van der Waals surface area contributed by atoms with Crippen molar-refractivity contribution in [3.63, 3.8) is 0 Å². The molecule has 1 aliphatic heterocycles. The third-order valence-electron chi connectivity index (χ3n) is 3.24. The molecule has 124 valence electrons. The van der Waals surface area contributed by atoms with Crippen LogP contribution in [-0.2, 0) is 0 Å². The lowest BCUT2D eigenvalue weighted by molar-refractivity contribution is -0.148. The highest BCUT2D eigenvalue weighted by atomic mass is 35.5. The molecule has 0 bridgehead atoms. The molecule has 1 saturated heterocycles. The van der Waals surface area contributed by atoms with Gasteiger partial charge in [0.1, 0.15) is 5.82 Å². The molecule has 22 heavy (non-hydrogen) atoms. The topological polar surface area (TPSA) is 23.6 Å². The van der Waals surface area contributed by atoms with Crippen LogP contribution in [0.3, 0.4) is 0 Å². The molecule has 1 amide bonds. The van der Waals surface area contributed by atoms with E-state index < -0.39 is 24.4 Å². The molecule has 0 spiro atoms. The molecule has 0 atom stereocenters. The van der Waals surface area contributed by atoms with Gasteiger partial charge in [0.15, 0.2) is 0 Å². The first-order valence-electron chi connectivity index (χ1n) is 6.30. The molecule has 3 nitrogen and oxygen atoms in total. The molecule has 1 aromatic carbocycles. The lowest BCUT2D eigenvalue weighted by atomic mass is 10.1. The summed E-state index contributed by atoms with van der Waals surface area (Å²) in [5.74, 6) is -1.32. The fraction of sp³-hybridized carbons (Fsp3) is 0.462. The quantitative estimate of drug-likeness (QED) is 0.756. The van der Waals surface area contributed by atoms with E-state index in [1.54, 1.807) is 0 Å². The zero-order valence-corrected chi connectivity index (χ0v) is 12.9. The predicted octanol–water partition coefficient (Wildman–Crippen LogP) is 3.22. The third kappa shape index (κ3) is 4.72. The van der Waals surface area contributed by atoms with Gasteiger partial charge in [-0.05, 0) is 12.1 Å². The van der Waals surface area contributed by atoms with Gasteiger partial charge in [-0.15, -0.1) is 12.4 Å². The van der Waals surface area contributed by atoms with E-state index in [2.05, 4.69) is 0 Å². The average molecular weight is 361 g/mol. The highest BCUT2D eigenvalue weighted by Gasteiger charge is 2.33. The van der Waals surface area contributed by atoms with Crippen molar-refractivity contribution in [3.05, 3.63) is 34.6 Å². The van der Waals surface area contributed by atoms with Gasteiger partial charge in [0.05, 0.1) is 17.1 Å². The summed E-state index contributed by atoms with van der Waals surface area (Å²) in [5.41, 5.74) is -0.233. The van der Waals surface area contributed by atoms with Gasteiger partial charge in [-0.2, -0.15) is 13.2 Å². The molecule has 0 aliphatic carbocycles. The van der Waals surface area contributed by atoms with Gasteiger partial charge in [-0.25, -0.2) is 4.39 Å². The highest BCUT2D eigenvalue weighted by molar-refractivity contribution is 6.33. The van der Waals surface area contributed by atoms with E-state index in [9.17, 15) is 22.4 Å². The Balaban J connectivity index is 0.00000242. The molecule has 0 aromatic heterocycles. The second-order valence-electron chi connectivity index (χ2n) is 4.78. The van der Waals surface area contributed by atoms with Gasteiger partial charge in [-0.1, -0.05) is 17.7 Å². The predicted molar refractivity (Wildman–Crippen MR) is 77.1 cm³/mol. The standard InChI is InChI=1S/C13H13ClF4N2O.ClH/c14-9-2-1-3-10(15)11(9)12(21)20-6-4-19(5-7-20)8-13(16,17)18;/h1-3H,4-8H2;1H. The molecule has 0 radical (unpaired) electrons. The van der Waals surface area contributed by atoms with Gasteiger partial charge in [0, 0.05) is 26.2 Å². The van der Waals surface area contributed by atoms with Crippen molar-refractivity contribution in [2.24, 2.45) is 0 Å². The van der Waals surface area contributed by atoms with Crippen LogP contribution in [0.2, 0.25) is 5.02 Å². The van der Waals surface area contributed by atoms with Gasteiger partial charge in [0.2, 0.25) is 0 Å². The van der Waals surface area contributed by atoms with Crippen molar-refractivity contribution in [2.45, 2.75) is 6.18 Å². The third-order valence-corrected chi connectivity index (χ3v) is 3.55. The van der Waals surface area contributed by atoms with E-state index in [1.807, 2.05) is 0 Å². The van der Waals surface area contributed by atoms with E-state index in [-0.39, 0.29) is 49.2 Å². The van der Waals surface area contributed by atoms with E-state index in [1.165, 1.54) is 21.9 Å². The van der Waals surface area contributed by atoms with Crippen LogP contribution in [0, 0.1) is 5.82 Å². The normalized spacial score (nSPS) is 16.3. The molecule has 0 saturated carbocycles. The Hall–Kier alpha value is -1.05. The summed E-state index contributed by atoms with van der Waals surface area (Å²) in [5, 5.41) is -0.00211. The minimum atomic E-state index is -4.26. The van der Waals surface area contributed by atoms with Crippen molar-refractivity contribution in [1.29, 1.82) is 0 Å². The van der Waals surface area contributed by atoms with Crippen molar-refractivity contribution >= 4 is 29.9 Å². The zero-order chi connectivity index (χ0) is 15.6. The number of carbonyl (C=O) groups is 1. The molecule has 1 aromatic rings. The number of alkyl halides is 3. The minimum Gasteiger partial charge on any atom is -0.336 e. The van der Waals surface area contributed by atoms with E-state index in [4.69, 9.17) is 11.6 Å². The largest absolute Gasteiger partial charge is 0.401 e. The summed E-state index contributed by atoms with van der Waals surface area (Å²) in [6.07, 6.45) is -4.26. The Morgan fingerprint density at radius 1 is 1.18 bits per heavy atom. The molecule has 0 N–H and O–H groups in total. The van der Waals surface area contributed by atoms with E-state index in [0.717, 1.165) is 6.07 Å². The van der Waals surface area contributed by atoms with Crippen LogP contribution in [0.15, 0.2) is 18.2 Å². The number of rotatable bonds is 2. The Bertz CT molecular complexity index is 511. The smallest absolute Gasteiger partial charge is 0.336 e. The van der Waals surface area contributed by atoms with Gasteiger partial charge < -0.3 is 4.90 Å². The first-order valence-corrected chi connectivity index (χ1v) is 6.68. The Kier molecular flexibility index (Phi) is 6.46. The molecule has 1 fully saturated rings. The number of carbonyl (C=O) groups excluding carboxylic acids is 1. The average Bonchev–Trinajstić information content (AvgIpc) is 2.37. The minimum absolute atomic E-state index is 0. The van der Waals surface area contributed by atoms with E-state index >= 15 is 0 Å². The fourth-order valence-corrected chi connectivity index (χ4v) is 2.47.